The van der Waals surface area contributed by atoms with E-state index in [-0.39, 0.29) is 72.8 Å². The van der Waals surface area contributed by atoms with Crippen molar-refractivity contribution in [1.82, 2.24) is 9.97 Å². The number of carbonyl (C=O) groups excluding carboxylic acids is 2. The normalized spacial score (nSPS) is 11.3. The summed E-state index contributed by atoms with van der Waals surface area (Å²) in [5.41, 5.74) is 2.32. The number of aromatic hydroxyl groups is 2. The van der Waals surface area contributed by atoms with Gasteiger partial charge < -0.3 is 32.7 Å². The van der Waals surface area contributed by atoms with Crippen molar-refractivity contribution in [1.29, 1.82) is 5.26 Å². The van der Waals surface area contributed by atoms with Crippen molar-refractivity contribution < 1.29 is 36.9 Å². The first-order valence-corrected chi connectivity index (χ1v) is 19.3. The van der Waals surface area contributed by atoms with E-state index in [4.69, 9.17) is 18.4 Å². The van der Waals surface area contributed by atoms with Gasteiger partial charge in [-0.25, -0.2) is 14.8 Å². The van der Waals surface area contributed by atoms with E-state index in [1.165, 1.54) is 28.7 Å². The first-order valence-electron chi connectivity index (χ1n) is 16.8. The maximum Gasteiger partial charge on any atom is 1.00 e. The van der Waals surface area contributed by atoms with Crippen LogP contribution in [0.15, 0.2) is 125 Å². The van der Waals surface area contributed by atoms with Crippen molar-refractivity contribution in [3.63, 3.8) is 0 Å². The van der Waals surface area contributed by atoms with Gasteiger partial charge in [-0.2, -0.15) is 0 Å². The van der Waals surface area contributed by atoms with Crippen molar-refractivity contribution in [3.05, 3.63) is 165 Å². The van der Waals surface area contributed by atoms with Gasteiger partial charge in [-0.15, -0.1) is 22.7 Å². The fraction of sp³-hybridized carbons (Fsp3) is 0.227. The van der Waals surface area contributed by atoms with Gasteiger partial charge in [0.15, 0.2) is 10.3 Å². The molecule has 0 spiro atoms. The van der Waals surface area contributed by atoms with Gasteiger partial charge in [0.2, 0.25) is 17.5 Å². The number of phenolic OH excluding ortho intramolecular Hbond substituents is 2. The van der Waals surface area contributed by atoms with E-state index in [9.17, 15) is 19.8 Å². The van der Waals surface area contributed by atoms with Crippen LogP contribution in [0, 0.1) is 29.2 Å². The largest absolute Gasteiger partial charge is 1.00 e. The molecule has 0 aliphatic heterocycles. The summed E-state index contributed by atoms with van der Waals surface area (Å²) in [6.45, 7) is 19.6. The minimum Gasteiger partial charge on any atom is -0.519 e. The third-order valence-electron chi connectivity index (χ3n) is 8.94. The Labute approximate surface area is 368 Å². The van der Waals surface area contributed by atoms with Crippen LogP contribution in [-0.4, -0.2) is 32.0 Å². The summed E-state index contributed by atoms with van der Waals surface area (Å²) >= 11 is 6.13. The van der Waals surface area contributed by atoms with Crippen LogP contribution in [0.3, 0.4) is 0 Å². The van der Waals surface area contributed by atoms with Crippen LogP contribution in [0.1, 0.15) is 76.6 Å². The number of amides is 2. The zero-order chi connectivity index (χ0) is 40.2. The SMILES string of the molecule is C.C.CC(C)(C(=O)Nc1nccs1)[C@@H](c1ccccc1)c1ccc(O)c(Br)c1.[C-]#N.[C-]#[N+]c1cc([C@H](c2ccccc2)C(C)(C)C(=O)Nc2nccs2)ccc1O.[Cu+]. The molecule has 2 heterocycles. The van der Waals surface area contributed by atoms with Crippen LogP contribution in [0.4, 0.5) is 16.0 Å². The molecule has 2 atom stereocenters. The number of rotatable bonds is 10. The van der Waals surface area contributed by atoms with Crippen LogP contribution in [0.25, 0.3) is 4.85 Å². The first-order chi connectivity index (χ1) is 26.3. The standard InChI is InChI=1S/C21H19N3O2S.C20H19BrN2O2S.CN.2CH4.Cu/c1-21(2,19(26)24-20-23-11-12-27-20)18(14-7-5-4-6-8-14)15-9-10-17(25)16(13-15)22-3;1-20(2,18(25)23-19-22-10-11-26-19)17(13-6-4-3-5-7-13)14-8-9-16(24)15(21)12-14;1-2;;;/h4-13,18,25H,1-2H3,(H,23,24,26);3-12,17,24H,1-2H3,(H,22,23,25);;2*1H4;/q;;-1;;;+1/t18-;17-;;;;/m00..../s1. The number of thiazole rings is 2. The number of carbonyl (C=O) groups is 2. The third kappa shape index (κ3) is 12.3. The molecule has 14 heteroatoms. The predicted octanol–water partition coefficient (Wildman–Crippen LogP) is 12.0. The van der Waals surface area contributed by atoms with E-state index in [1.807, 2.05) is 106 Å². The number of hydrogen-bond acceptors (Lipinski definition) is 9. The molecule has 0 bridgehead atoms. The molecule has 58 heavy (non-hydrogen) atoms. The Morgan fingerprint density at radius 2 is 1.09 bits per heavy atom. The van der Waals surface area contributed by atoms with Gasteiger partial charge in [0.05, 0.1) is 21.9 Å². The van der Waals surface area contributed by atoms with Crippen LogP contribution in [-0.2, 0) is 26.7 Å². The molecule has 4 aromatic carbocycles. The van der Waals surface area contributed by atoms with Gasteiger partial charge in [-0.1, -0.05) is 115 Å². The Morgan fingerprint density at radius 1 is 0.690 bits per heavy atom. The molecule has 4 N–H and O–H groups in total. The molecule has 0 aliphatic rings. The maximum absolute atomic E-state index is 13.1. The van der Waals surface area contributed by atoms with Crippen molar-refractivity contribution in [2.24, 2.45) is 10.8 Å². The summed E-state index contributed by atoms with van der Waals surface area (Å²) in [6.07, 6.45) is 3.31. The third-order valence-corrected chi connectivity index (χ3v) is 11.0. The van der Waals surface area contributed by atoms with Gasteiger partial charge in [0.1, 0.15) is 11.5 Å². The van der Waals surface area contributed by atoms with Crippen LogP contribution in [0.5, 0.6) is 11.5 Å². The van der Waals surface area contributed by atoms with E-state index >= 15 is 0 Å². The van der Waals surface area contributed by atoms with Crippen molar-refractivity contribution in [2.75, 3.05) is 10.6 Å². The first kappa shape index (κ1) is 50.7. The number of aromatic nitrogens is 2. The molecular formula is C44H46BrCuN6O4S2. The van der Waals surface area contributed by atoms with Crippen molar-refractivity contribution >= 4 is 66.4 Å². The number of nitrogens with zero attached hydrogens (tertiary/aromatic N) is 4. The van der Waals surface area contributed by atoms with Crippen LogP contribution < -0.4 is 10.6 Å². The molecule has 0 saturated heterocycles. The maximum atomic E-state index is 13.1. The summed E-state index contributed by atoms with van der Waals surface area (Å²) in [5.74, 6) is -0.661. The Bertz CT molecular complexity index is 2250. The average molecular weight is 930 g/mol. The smallest absolute Gasteiger partial charge is 0.519 e. The van der Waals surface area contributed by atoms with Gasteiger partial charge in [0.25, 0.3) is 0 Å². The summed E-state index contributed by atoms with van der Waals surface area (Å²) < 4.78 is 0.604. The molecule has 306 valence electrons. The van der Waals surface area contributed by atoms with Crippen LogP contribution in [0.2, 0.25) is 0 Å². The molecule has 0 radical (unpaired) electrons. The quantitative estimate of drug-likeness (QED) is 0.0788. The monoisotopic (exact) mass is 928 g/mol. The fourth-order valence-corrected chi connectivity index (χ4v) is 7.65. The van der Waals surface area contributed by atoms with E-state index in [0.29, 0.717) is 14.7 Å². The van der Waals surface area contributed by atoms with E-state index in [0.717, 1.165) is 22.3 Å². The zero-order valence-corrected chi connectivity index (χ0v) is 34.9. The number of halogens is 1. The Balaban J connectivity index is 0.000000530. The van der Waals surface area contributed by atoms with E-state index in [1.54, 1.807) is 36.0 Å². The molecule has 10 nitrogen and oxygen atoms in total. The molecule has 0 saturated carbocycles. The summed E-state index contributed by atoms with van der Waals surface area (Å²) in [4.78, 5) is 37.8. The number of nitrogens with one attached hydrogen (secondary N) is 2. The molecule has 0 fully saturated rings. The Hall–Kier alpha value is -5.34. The van der Waals surface area contributed by atoms with E-state index in [2.05, 4.69) is 41.4 Å². The number of hydrogen-bond donors (Lipinski definition) is 4. The molecule has 2 aromatic heterocycles. The molecule has 6 aromatic rings. The zero-order valence-electron chi connectivity index (χ0n) is 30.7. The molecule has 0 unspecified atom stereocenters. The summed E-state index contributed by atoms with van der Waals surface area (Å²) in [7, 11) is 0. The van der Waals surface area contributed by atoms with Gasteiger partial charge in [-0.05, 0) is 62.4 Å². The topological polar surface area (TPSA) is 153 Å². The molecule has 6 rings (SSSR count). The second kappa shape index (κ2) is 23.2. The number of anilines is 2. The molecular weight excluding hydrogens is 884 g/mol. The van der Waals surface area contributed by atoms with Crippen molar-refractivity contribution in [3.8, 4) is 11.5 Å². The Morgan fingerprint density at radius 3 is 1.45 bits per heavy atom. The van der Waals surface area contributed by atoms with Crippen LogP contribution >= 0.6 is 38.6 Å². The second-order valence-corrected chi connectivity index (χ2v) is 15.9. The van der Waals surface area contributed by atoms with Gasteiger partial charge in [0, 0.05) is 35.0 Å². The predicted molar refractivity (Wildman–Crippen MR) is 234 cm³/mol. The fourth-order valence-electron chi connectivity index (χ4n) is 6.20. The summed E-state index contributed by atoms with van der Waals surface area (Å²) in [5, 5.41) is 36.5. The number of benzene rings is 4. The van der Waals surface area contributed by atoms with Gasteiger partial charge >= 0.3 is 17.1 Å². The minimum atomic E-state index is -0.830. The van der Waals surface area contributed by atoms with Gasteiger partial charge in [-0.3, -0.25) is 9.59 Å². The summed E-state index contributed by atoms with van der Waals surface area (Å²) in [6, 6.07) is 29.9. The van der Waals surface area contributed by atoms with Crippen molar-refractivity contribution in [2.45, 2.75) is 54.4 Å². The van der Waals surface area contributed by atoms with E-state index < -0.39 is 10.8 Å². The second-order valence-electron chi connectivity index (χ2n) is 13.3. The minimum absolute atomic E-state index is 0. The average Bonchev–Trinajstić information content (AvgIpc) is 3.91. The Kier molecular flexibility index (Phi) is 20.2. The number of phenols is 2. The molecule has 2 amide bonds. The molecule has 0 aliphatic carbocycles.